The zero-order valence-electron chi connectivity index (χ0n) is 23.8. The molecule has 0 saturated carbocycles. The molecule has 2 aliphatic heterocycles. The molecule has 42 heavy (non-hydrogen) atoms. The van der Waals surface area contributed by atoms with Gasteiger partial charge in [-0.15, -0.1) is 0 Å². The summed E-state index contributed by atoms with van der Waals surface area (Å²) in [7, 11) is 0. The fourth-order valence-electron chi connectivity index (χ4n) is 5.79. The third-order valence-electron chi connectivity index (χ3n) is 7.98. The number of ether oxygens (including phenoxy) is 2. The number of fused-ring (bicyclic) bond motifs is 1. The molecule has 1 amide bonds. The summed E-state index contributed by atoms with van der Waals surface area (Å²) in [5.74, 6) is -0.381. The van der Waals surface area contributed by atoms with Gasteiger partial charge in [0.05, 0.1) is 30.5 Å². The number of carbonyl (C=O) groups is 2. The number of morpholine rings is 1. The second-order valence-corrected chi connectivity index (χ2v) is 10.7. The van der Waals surface area contributed by atoms with Crippen LogP contribution in [0.1, 0.15) is 35.0 Å². The Morgan fingerprint density at radius 2 is 1.74 bits per heavy atom. The molecule has 9 nitrogen and oxygen atoms in total. The van der Waals surface area contributed by atoms with E-state index in [2.05, 4.69) is 4.90 Å². The number of Topliss-reactive ketones (excluding diaryl/α,β-unsaturated/α-hetero) is 1. The lowest BCUT2D eigenvalue weighted by atomic mass is 9.96. The second-order valence-electron chi connectivity index (χ2n) is 10.7. The number of amides is 1. The van der Waals surface area contributed by atoms with E-state index in [1.165, 1.54) is 0 Å². The first-order valence-corrected chi connectivity index (χ1v) is 14.3. The van der Waals surface area contributed by atoms with Crippen molar-refractivity contribution in [3.63, 3.8) is 0 Å². The standard InChI is InChI=1S/C33H34N4O5/c1-22-9-7-15-36-23(2)28(34-32(22)36)30(38)27-29(24-10-6-13-26(21-24)42-25-11-4-3-5-12-25)37(33(40)31(27)39)16-8-14-35-17-19-41-20-18-35/h3-7,9-13,15,21,29,38H,8,14,16-20H2,1-2H3/b30-27+. The van der Waals surface area contributed by atoms with Gasteiger partial charge in [0, 0.05) is 32.4 Å². The third kappa shape index (κ3) is 5.29. The minimum absolute atomic E-state index is 0.0346. The van der Waals surface area contributed by atoms with E-state index in [1.54, 1.807) is 4.90 Å². The average molecular weight is 567 g/mol. The lowest BCUT2D eigenvalue weighted by Gasteiger charge is -2.29. The van der Waals surface area contributed by atoms with E-state index < -0.39 is 17.7 Å². The van der Waals surface area contributed by atoms with Crippen molar-refractivity contribution in [2.24, 2.45) is 0 Å². The molecular formula is C33H34N4O5. The summed E-state index contributed by atoms with van der Waals surface area (Å²) in [6, 6.07) is 19.8. The van der Waals surface area contributed by atoms with Gasteiger partial charge in [-0.2, -0.15) is 0 Å². The highest BCUT2D eigenvalue weighted by Crippen LogP contribution is 2.41. The minimum atomic E-state index is -0.792. The fourth-order valence-corrected chi connectivity index (χ4v) is 5.79. The number of hydrogen-bond donors (Lipinski definition) is 1. The van der Waals surface area contributed by atoms with Gasteiger partial charge in [-0.3, -0.25) is 14.5 Å². The number of likely N-dealkylation sites (tertiary alicyclic amines) is 1. The van der Waals surface area contributed by atoms with Gasteiger partial charge in [-0.05, 0) is 61.7 Å². The Morgan fingerprint density at radius 1 is 0.976 bits per heavy atom. The van der Waals surface area contributed by atoms with E-state index >= 15 is 0 Å². The molecule has 4 aromatic rings. The van der Waals surface area contributed by atoms with Crippen LogP contribution in [-0.4, -0.2) is 75.4 Å². The van der Waals surface area contributed by atoms with Gasteiger partial charge < -0.3 is 23.9 Å². The van der Waals surface area contributed by atoms with Gasteiger partial charge in [0.2, 0.25) is 0 Å². The lowest BCUT2D eigenvalue weighted by Crippen LogP contribution is -2.38. The van der Waals surface area contributed by atoms with Crippen LogP contribution < -0.4 is 4.74 Å². The van der Waals surface area contributed by atoms with Crippen LogP contribution in [0.2, 0.25) is 0 Å². The van der Waals surface area contributed by atoms with Crippen LogP contribution >= 0.6 is 0 Å². The summed E-state index contributed by atoms with van der Waals surface area (Å²) in [5, 5.41) is 11.7. The van der Waals surface area contributed by atoms with E-state index in [4.69, 9.17) is 14.5 Å². The molecule has 0 radical (unpaired) electrons. The van der Waals surface area contributed by atoms with Crippen molar-refractivity contribution in [1.82, 2.24) is 19.2 Å². The first-order chi connectivity index (χ1) is 20.4. The molecule has 2 aromatic heterocycles. The van der Waals surface area contributed by atoms with Crippen LogP contribution in [-0.2, 0) is 14.3 Å². The van der Waals surface area contributed by atoms with Crippen molar-refractivity contribution in [2.45, 2.75) is 26.3 Å². The third-order valence-corrected chi connectivity index (χ3v) is 7.98. The minimum Gasteiger partial charge on any atom is -0.505 e. The highest BCUT2D eigenvalue weighted by molar-refractivity contribution is 6.46. The van der Waals surface area contributed by atoms with E-state index in [9.17, 15) is 14.7 Å². The largest absolute Gasteiger partial charge is 0.505 e. The number of benzene rings is 2. The van der Waals surface area contributed by atoms with Gasteiger partial charge in [0.1, 0.15) is 22.8 Å². The molecule has 1 atom stereocenters. The Kier molecular flexibility index (Phi) is 7.78. The molecular weight excluding hydrogens is 532 g/mol. The number of aliphatic hydroxyl groups excluding tert-OH is 1. The topological polar surface area (TPSA) is 96.6 Å². The highest BCUT2D eigenvalue weighted by atomic mass is 16.5. The molecule has 2 aromatic carbocycles. The number of pyridine rings is 1. The molecule has 2 fully saturated rings. The number of ketones is 1. The van der Waals surface area contributed by atoms with Crippen LogP contribution in [0.4, 0.5) is 0 Å². The summed E-state index contributed by atoms with van der Waals surface area (Å²) in [5.41, 5.74) is 3.30. The summed E-state index contributed by atoms with van der Waals surface area (Å²) in [6.45, 7) is 7.99. The van der Waals surface area contributed by atoms with Crippen molar-refractivity contribution in [3.8, 4) is 11.5 Å². The molecule has 1 N–H and O–H groups in total. The quantitative estimate of drug-likeness (QED) is 0.184. The Bertz CT molecular complexity index is 1660. The predicted molar refractivity (Wildman–Crippen MR) is 159 cm³/mol. The molecule has 0 spiro atoms. The summed E-state index contributed by atoms with van der Waals surface area (Å²) >= 11 is 0. The van der Waals surface area contributed by atoms with Gasteiger partial charge in [0.25, 0.3) is 11.7 Å². The van der Waals surface area contributed by atoms with Crippen LogP contribution in [0.25, 0.3) is 11.4 Å². The smallest absolute Gasteiger partial charge is 0.295 e. The maximum absolute atomic E-state index is 13.6. The average Bonchev–Trinajstić information content (AvgIpc) is 3.48. The maximum Gasteiger partial charge on any atom is 0.295 e. The summed E-state index contributed by atoms with van der Waals surface area (Å²) in [4.78, 5) is 35.8. The first-order valence-electron chi connectivity index (χ1n) is 14.3. The van der Waals surface area contributed by atoms with Crippen molar-refractivity contribution >= 4 is 23.1 Å². The summed E-state index contributed by atoms with van der Waals surface area (Å²) in [6.07, 6.45) is 2.55. The van der Waals surface area contributed by atoms with Crippen molar-refractivity contribution in [2.75, 3.05) is 39.4 Å². The van der Waals surface area contributed by atoms with Crippen molar-refractivity contribution in [3.05, 3.63) is 101 Å². The molecule has 216 valence electrons. The van der Waals surface area contributed by atoms with Crippen LogP contribution in [0, 0.1) is 13.8 Å². The maximum atomic E-state index is 13.6. The molecule has 0 aliphatic carbocycles. The number of nitrogens with zero attached hydrogens (tertiary/aromatic N) is 4. The first kappa shape index (κ1) is 27.7. The Balaban J connectivity index is 1.40. The van der Waals surface area contributed by atoms with Gasteiger partial charge in [-0.1, -0.05) is 36.4 Å². The Labute approximate surface area is 244 Å². The van der Waals surface area contributed by atoms with Gasteiger partial charge >= 0.3 is 0 Å². The fraction of sp³-hybridized carbons (Fsp3) is 0.303. The zero-order chi connectivity index (χ0) is 29.2. The summed E-state index contributed by atoms with van der Waals surface area (Å²) < 4.78 is 13.4. The number of carbonyl (C=O) groups excluding carboxylic acids is 2. The monoisotopic (exact) mass is 566 g/mol. The zero-order valence-corrected chi connectivity index (χ0v) is 23.8. The second kappa shape index (κ2) is 11.8. The molecule has 2 aliphatic rings. The number of rotatable bonds is 8. The molecule has 4 heterocycles. The Hall–Kier alpha value is -4.47. The highest BCUT2D eigenvalue weighted by Gasteiger charge is 2.46. The van der Waals surface area contributed by atoms with Crippen LogP contribution in [0.3, 0.4) is 0 Å². The van der Waals surface area contributed by atoms with Crippen molar-refractivity contribution < 1.29 is 24.2 Å². The number of para-hydroxylation sites is 1. The van der Waals surface area contributed by atoms with Crippen LogP contribution in [0.15, 0.2) is 78.5 Å². The predicted octanol–water partition coefficient (Wildman–Crippen LogP) is 4.89. The molecule has 9 heteroatoms. The van der Waals surface area contributed by atoms with E-state index in [0.29, 0.717) is 54.6 Å². The van der Waals surface area contributed by atoms with E-state index in [-0.39, 0.29) is 17.0 Å². The number of imidazole rings is 1. The normalized spacial score (nSPS) is 19.1. The molecule has 6 rings (SSSR count). The van der Waals surface area contributed by atoms with Gasteiger partial charge in [-0.25, -0.2) is 4.98 Å². The van der Waals surface area contributed by atoms with E-state index in [1.807, 2.05) is 91.2 Å². The molecule has 2 saturated heterocycles. The number of aromatic nitrogens is 2. The number of aliphatic hydroxyl groups is 1. The van der Waals surface area contributed by atoms with Crippen LogP contribution in [0.5, 0.6) is 11.5 Å². The van der Waals surface area contributed by atoms with Gasteiger partial charge in [0.15, 0.2) is 5.76 Å². The Morgan fingerprint density at radius 3 is 2.50 bits per heavy atom. The number of aryl methyl sites for hydroxylation is 2. The molecule has 1 unspecified atom stereocenters. The van der Waals surface area contributed by atoms with Crippen molar-refractivity contribution in [1.29, 1.82) is 0 Å². The van der Waals surface area contributed by atoms with E-state index in [0.717, 1.165) is 25.2 Å². The lowest BCUT2D eigenvalue weighted by molar-refractivity contribution is -0.140. The SMILES string of the molecule is Cc1cccn2c(C)c(/C(O)=C3\C(=O)C(=O)N(CCCN4CCOCC4)C3c3cccc(Oc4ccccc4)c3)nc12. The molecule has 0 bridgehead atoms. The number of hydrogen-bond acceptors (Lipinski definition) is 7.